The van der Waals surface area contributed by atoms with Crippen LogP contribution in [0.4, 0.5) is 0 Å². The number of amides is 1. The second-order valence-corrected chi connectivity index (χ2v) is 8.31. The molecule has 0 spiro atoms. The lowest BCUT2D eigenvalue weighted by Gasteiger charge is -2.21. The maximum Gasteiger partial charge on any atom is 0.223 e. The second kappa shape index (κ2) is 7.05. The number of halogens is 1. The van der Waals surface area contributed by atoms with Crippen LogP contribution in [0.5, 0.6) is 5.88 Å². The van der Waals surface area contributed by atoms with E-state index in [0.717, 1.165) is 16.9 Å². The van der Waals surface area contributed by atoms with Crippen LogP contribution in [0.1, 0.15) is 49.6 Å². The lowest BCUT2D eigenvalue weighted by atomic mass is 9.86. The van der Waals surface area contributed by atoms with E-state index in [1.165, 1.54) is 24.7 Å². The van der Waals surface area contributed by atoms with Gasteiger partial charge in [-0.25, -0.2) is 14.5 Å². The Balaban J connectivity index is 1.65. The summed E-state index contributed by atoms with van der Waals surface area (Å²) < 4.78 is 7.56. The highest BCUT2D eigenvalue weighted by atomic mass is 35.5. The average molecular weight is 400 g/mol. The highest BCUT2D eigenvalue weighted by Gasteiger charge is 2.29. The Morgan fingerprint density at radius 1 is 1.29 bits per heavy atom. The van der Waals surface area contributed by atoms with Gasteiger partial charge < -0.3 is 10.5 Å². The smallest absolute Gasteiger partial charge is 0.223 e. The van der Waals surface area contributed by atoms with Gasteiger partial charge in [-0.2, -0.15) is 5.10 Å². The summed E-state index contributed by atoms with van der Waals surface area (Å²) in [6, 6.07) is 7.87. The van der Waals surface area contributed by atoms with E-state index >= 15 is 0 Å². The van der Waals surface area contributed by atoms with E-state index < -0.39 is 5.41 Å². The number of rotatable bonds is 7. The lowest BCUT2D eigenvalue weighted by Crippen LogP contribution is -2.34. The largest absolute Gasteiger partial charge is 0.471 e. The van der Waals surface area contributed by atoms with Gasteiger partial charge in [0.15, 0.2) is 0 Å². The minimum absolute atomic E-state index is 0.256. The Bertz CT molecular complexity index is 1040. The average Bonchev–Trinajstić information content (AvgIpc) is 3.39. The summed E-state index contributed by atoms with van der Waals surface area (Å²) in [4.78, 5) is 19.7. The fourth-order valence-corrected chi connectivity index (χ4v) is 3.32. The van der Waals surface area contributed by atoms with E-state index in [1.54, 1.807) is 6.07 Å². The van der Waals surface area contributed by atoms with Crippen LogP contribution in [0.2, 0.25) is 5.15 Å². The minimum Gasteiger partial charge on any atom is -0.471 e. The van der Waals surface area contributed by atoms with Gasteiger partial charge in [-0.15, -0.1) is 0 Å². The van der Waals surface area contributed by atoms with Gasteiger partial charge in [-0.05, 0) is 42.5 Å². The Labute approximate surface area is 167 Å². The number of primary amides is 1. The minimum atomic E-state index is -0.657. The van der Waals surface area contributed by atoms with Gasteiger partial charge in [0.2, 0.25) is 11.8 Å². The summed E-state index contributed by atoms with van der Waals surface area (Å²) in [5, 5.41) is 5.00. The van der Waals surface area contributed by atoms with Crippen molar-refractivity contribution in [2.45, 2.75) is 45.6 Å². The molecule has 3 heterocycles. The molecule has 7 nitrogen and oxygen atoms in total. The van der Waals surface area contributed by atoms with E-state index in [1.807, 2.05) is 24.4 Å². The van der Waals surface area contributed by atoms with Crippen LogP contribution in [-0.4, -0.2) is 25.5 Å². The van der Waals surface area contributed by atoms with Crippen LogP contribution in [0.25, 0.3) is 5.52 Å². The molecule has 1 fully saturated rings. The molecule has 8 heteroatoms. The van der Waals surface area contributed by atoms with Crippen molar-refractivity contribution < 1.29 is 9.53 Å². The van der Waals surface area contributed by atoms with Crippen LogP contribution >= 0.6 is 11.6 Å². The molecule has 1 aliphatic rings. The Kier molecular flexibility index (Phi) is 4.71. The molecule has 0 atom stereocenters. The molecule has 3 aromatic rings. The van der Waals surface area contributed by atoms with E-state index in [0.29, 0.717) is 23.4 Å². The predicted octanol–water partition coefficient (Wildman–Crippen LogP) is 3.29. The van der Waals surface area contributed by atoms with Crippen LogP contribution in [0.3, 0.4) is 0 Å². The monoisotopic (exact) mass is 399 g/mol. The molecular weight excluding hydrogens is 378 g/mol. The van der Waals surface area contributed by atoms with Crippen LogP contribution in [-0.2, 0) is 17.8 Å². The Morgan fingerprint density at radius 2 is 2.07 bits per heavy atom. The Hall–Kier alpha value is -2.67. The van der Waals surface area contributed by atoms with Crippen molar-refractivity contribution in [2.24, 2.45) is 11.1 Å². The molecule has 4 rings (SSSR count). The molecule has 0 aromatic carbocycles. The number of carbonyl (C=O) groups excluding carboxylic acids is 1. The molecule has 28 heavy (non-hydrogen) atoms. The zero-order valence-corrected chi connectivity index (χ0v) is 16.6. The van der Waals surface area contributed by atoms with Crippen molar-refractivity contribution in [3.05, 3.63) is 52.7 Å². The molecule has 0 aliphatic heterocycles. The van der Waals surface area contributed by atoms with Gasteiger partial charge in [-0.1, -0.05) is 25.4 Å². The number of nitrogens with two attached hydrogens (primary N) is 1. The van der Waals surface area contributed by atoms with E-state index in [-0.39, 0.29) is 12.5 Å². The predicted molar refractivity (Wildman–Crippen MR) is 105 cm³/mol. The standard InChI is InChI=1S/C20H22ClN5O2/c1-20(2,19(22)27)9-16-6-13(12-3-4-12)5-15-7-14(25-26(15)16)10-28-18-8-17(21)23-11-24-18/h5-8,11-12H,3-4,9-10H2,1-2H3,(H2,22,27). The first-order valence-electron chi connectivity index (χ1n) is 9.23. The molecule has 1 saturated carbocycles. The lowest BCUT2D eigenvalue weighted by molar-refractivity contribution is -0.125. The maximum absolute atomic E-state index is 11.8. The van der Waals surface area contributed by atoms with Crippen molar-refractivity contribution in [3.8, 4) is 5.88 Å². The number of nitrogens with zero attached hydrogens (tertiary/aromatic N) is 4. The number of fused-ring (bicyclic) bond motifs is 1. The molecule has 0 bridgehead atoms. The van der Waals surface area contributed by atoms with E-state index in [9.17, 15) is 4.79 Å². The van der Waals surface area contributed by atoms with E-state index in [4.69, 9.17) is 22.1 Å². The summed E-state index contributed by atoms with van der Waals surface area (Å²) in [7, 11) is 0. The fraction of sp³-hybridized carbons (Fsp3) is 0.400. The first kappa shape index (κ1) is 18.7. The van der Waals surface area contributed by atoms with Crippen molar-refractivity contribution in [2.75, 3.05) is 0 Å². The highest BCUT2D eigenvalue weighted by molar-refractivity contribution is 6.29. The Morgan fingerprint density at radius 3 is 2.75 bits per heavy atom. The molecule has 0 radical (unpaired) electrons. The van der Waals surface area contributed by atoms with Gasteiger partial charge in [0.05, 0.1) is 5.52 Å². The number of aromatic nitrogens is 4. The molecular formula is C20H22ClN5O2. The molecule has 146 valence electrons. The zero-order chi connectivity index (χ0) is 19.9. The van der Waals surface area contributed by atoms with Crippen LogP contribution < -0.4 is 10.5 Å². The third kappa shape index (κ3) is 3.94. The molecule has 0 saturated heterocycles. The molecule has 0 unspecified atom stereocenters. The van der Waals surface area contributed by atoms with Crippen molar-refractivity contribution in [3.63, 3.8) is 0 Å². The topological polar surface area (TPSA) is 95.4 Å². The first-order chi connectivity index (χ1) is 13.3. The van der Waals surface area contributed by atoms with Gasteiger partial charge in [0.25, 0.3) is 0 Å². The number of ether oxygens (including phenoxy) is 1. The zero-order valence-electron chi connectivity index (χ0n) is 15.9. The molecule has 1 amide bonds. The number of carbonyl (C=O) groups is 1. The fourth-order valence-electron chi connectivity index (χ4n) is 3.18. The van der Waals surface area contributed by atoms with Crippen LogP contribution in [0, 0.1) is 5.41 Å². The SMILES string of the molecule is CC(C)(Cc1cc(C2CC2)cc2cc(COc3cc(Cl)ncn3)nn12)C(N)=O. The third-order valence-electron chi connectivity index (χ3n) is 5.02. The maximum atomic E-state index is 11.8. The van der Waals surface area contributed by atoms with Gasteiger partial charge in [-0.3, -0.25) is 4.79 Å². The number of hydrogen-bond acceptors (Lipinski definition) is 5. The number of pyridine rings is 1. The number of hydrogen-bond donors (Lipinski definition) is 1. The summed E-state index contributed by atoms with van der Waals surface area (Å²) >= 11 is 5.86. The van der Waals surface area contributed by atoms with Gasteiger partial charge in [0, 0.05) is 23.6 Å². The normalized spacial score (nSPS) is 14.4. The van der Waals surface area contributed by atoms with Gasteiger partial charge >= 0.3 is 0 Å². The van der Waals surface area contributed by atoms with Crippen molar-refractivity contribution >= 4 is 23.0 Å². The van der Waals surface area contributed by atoms with E-state index in [2.05, 4.69) is 27.2 Å². The summed E-state index contributed by atoms with van der Waals surface area (Å²) in [6.45, 7) is 3.97. The summed E-state index contributed by atoms with van der Waals surface area (Å²) in [5.41, 5.74) is 8.94. The second-order valence-electron chi connectivity index (χ2n) is 7.92. The molecule has 3 aromatic heterocycles. The van der Waals surface area contributed by atoms with Crippen LogP contribution in [0.15, 0.2) is 30.6 Å². The summed E-state index contributed by atoms with van der Waals surface area (Å²) in [5.74, 6) is 0.665. The molecule has 1 aliphatic carbocycles. The van der Waals surface area contributed by atoms with Gasteiger partial charge in [0.1, 0.15) is 23.8 Å². The highest BCUT2D eigenvalue weighted by Crippen LogP contribution is 2.41. The quantitative estimate of drug-likeness (QED) is 0.615. The third-order valence-corrected chi connectivity index (χ3v) is 5.23. The molecule has 2 N–H and O–H groups in total. The first-order valence-corrected chi connectivity index (χ1v) is 9.61. The summed E-state index contributed by atoms with van der Waals surface area (Å²) in [6.07, 6.45) is 4.27. The van der Waals surface area contributed by atoms with Crippen molar-refractivity contribution in [1.29, 1.82) is 0 Å². The van der Waals surface area contributed by atoms with Crippen molar-refractivity contribution in [1.82, 2.24) is 19.6 Å².